The van der Waals surface area contributed by atoms with Gasteiger partial charge in [-0.3, -0.25) is 20.0 Å². The summed E-state index contributed by atoms with van der Waals surface area (Å²) < 4.78 is 0. The maximum atomic E-state index is 10.9. The molecule has 1 heterocycles. The van der Waals surface area contributed by atoms with Crippen molar-refractivity contribution in [2.24, 2.45) is 4.99 Å². The van der Waals surface area contributed by atoms with Crippen molar-refractivity contribution >= 4 is 11.9 Å². The number of aliphatic imine (C=N–C) groups is 1. The zero-order valence-corrected chi connectivity index (χ0v) is 14.7. The van der Waals surface area contributed by atoms with Gasteiger partial charge < -0.3 is 5.11 Å². The molecule has 2 fully saturated rings. The second-order valence-corrected chi connectivity index (χ2v) is 7.30. The minimum atomic E-state index is -0.451. The van der Waals surface area contributed by atoms with Gasteiger partial charge in [-0.15, -0.1) is 0 Å². The number of non-ortho nitro benzene ring substituents is 1. The zero-order chi connectivity index (χ0) is 17.7. The SMILES string of the molecule is O=[N+]([O-])c1ccc(O)c(C=NCC2(N3CCCCC3)CCCCC2)c1. The fourth-order valence-electron chi connectivity index (χ4n) is 4.23. The van der Waals surface area contributed by atoms with Gasteiger partial charge in [0, 0.05) is 29.4 Å². The van der Waals surface area contributed by atoms with Gasteiger partial charge in [0.15, 0.2) is 0 Å². The third kappa shape index (κ3) is 4.18. The van der Waals surface area contributed by atoms with Crippen LogP contribution < -0.4 is 0 Å². The predicted octanol–water partition coefficient (Wildman–Crippen LogP) is 3.91. The molecule has 136 valence electrons. The molecule has 0 bridgehead atoms. The summed E-state index contributed by atoms with van der Waals surface area (Å²) in [5.41, 5.74) is 0.521. The van der Waals surface area contributed by atoms with Crippen LogP contribution in [0.5, 0.6) is 5.75 Å². The highest BCUT2D eigenvalue weighted by Crippen LogP contribution is 2.36. The normalized spacial score (nSPS) is 21.4. The Labute approximate surface area is 148 Å². The van der Waals surface area contributed by atoms with Crippen molar-refractivity contribution in [3.63, 3.8) is 0 Å². The van der Waals surface area contributed by atoms with Gasteiger partial charge in [-0.2, -0.15) is 0 Å². The summed E-state index contributed by atoms with van der Waals surface area (Å²) in [7, 11) is 0. The molecule has 1 aromatic carbocycles. The molecule has 3 rings (SSSR count). The average molecular weight is 345 g/mol. The van der Waals surface area contributed by atoms with E-state index < -0.39 is 4.92 Å². The molecule has 6 heteroatoms. The monoisotopic (exact) mass is 345 g/mol. The maximum Gasteiger partial charge on any atom is 0.270 e. The van der Waals surface area contributed by atoms with Crippen molar-refractivity contribution in [3.05, 3.63) is 33.9 Å². The third-order valence-electron chi connectivity index (χ3n) is 5.65. The summed E-state index contributed by atoms with van der Waals surface area (Å²) in [4.78, 5) is 17.7. The molecule has 6 nitrogen and oxygen atoms in total. The number of piperidine rings is 1. The van der Waals surface area contributed by atoms with Gasteiger partial charge in [0.05, 0.1) is 11.5 Å². The molecule has 1 aliphatic heterocycles. The highest BCUT2D eigenvalue weighted by Gasteiger charge is 2.37. The van der Waals surface area contributed by atoms with Crippen molar-refractivity contribution in [3.8, 4) is 5.75 Å². The molecule has 1 N–H and O–H groups in total. The van der Waals surface area contributed by atoms with Gasteiger partial charge in [0.2, 0.25) is 0 Å². The van der Waals surface area contributed by atoms with E-state index in [-0.39, 0.29) is 17.0 Å². The average Bonchev–Trinajstić information content (AvgIpc) is 2.64. The van der Waals surface area contributed by atoms with Crippen LogP contribution in [0.1, 0.15) is 56.9 Å². The highest BCUT2D eigenvalue weighted by molar-refractivity contribution is 5.84. The lowest BCUT2D eigenvalue weighted by atomic mass is 9.79. The molecule has 0 aromatic heterocycles. The molecule has 0 atom stereocenters. The number of rotatable bonds is 5. The van der Waals surface area contributed by atoms with E-state index in [2.05, 4.69) is 9.89 Å². The molecule has 1 saturated carbocycles. The topological polar surface area (TPSA) is 79.0 Å². The van der Waals surface area contributed by atoms with Gasteiger partial charge in [-0.1, -0.05) is 25.7 Å². The molecule has 1 saturated heterocycles. The molecule has 2 aliphatic rings. The first-order valence-electron chi connectivity index (χ1n) is 9.33. The molecule has 0 amide bonds. The van der Waals surface area contributed by atoms with E-state index in [9.17, 15) is 15.2 Å². The van der Waals surface area contributed by atoms with Crippen molar-refractivity contribution in [1.29, 1.82) is 0 Å². The minimum absolute atomic E-state index is 0.0253. The number of aromatic hydroxyl groups is 1. The van der Waals surface area contributed by atoms with E-state index in [1.807, 2.05) is 0 Å². The first kappa shape index (κ1) is 17.9. The lowest BCUT2D eigenvalue weighted by molar-refractivity contribution is -0.384. The molecule has 1 aromatic rings. The standard InChI is InChI=1S/C19H27N3O3/c23-18-8-7-17(22(24)25)13-16(18)14-20-15-19(9-3-1-4-10-19)21-11-5-2-6-12-21/h7-8,13-14,23H,1-6,9-12,15H2. The fraction of sp³-hybridized carbons (Fsp3) is 0.632. The first-order chi connectivity index (χ1) is 12.1. The van der Waals surface area contributed by atoms with Crippen molar-refractivity contribution in [2.45, 2.75) is 56.9 Å². The Morgan fingerprint density at radius 1 is 1.16 bits per heavy atom. The Balaban J connectivity index is 1.75. The number of nitro groups is 1. The molecule has 0 spiro atoms. The third-order valence-corrected chi connectivity index (χ3v) is 5.65. The number of phenols is 1. The number of nitrogens with zero attached hydrogens (tertiary/aromatic N) is 3. The van der Waals surface area contributed by atoms with E-state index in [1.165, 1.54) is 69.6 Å². The second kappa shape index (κ2) is 7.95. The molecular formula is C19H27N3O3. The Kier molecular flexibility index (Phi) is 5.68. The van der Waals surface area contributed by atoms with Crippen LogP contribution in [0.15, 0.2) is 23.2 Å². The molecule has 25 heavy (non-hydrogen) atoms. The van der Waals surface area contributed by atoms with Crippen molar-refractivity contribution in [2.75, 3.05) is 19.6 Å². The molecule has 0 unspecified atom stereocenters. The Morgan fingerprint density at radius 3 is 2.52 bits per heavy atom. The maximum absolute atomic E-state index is 10.9. The largest absolute Gasteiger partial charge is 0.507 e. The summed E-state index contributed by atoms with van der Waals surface area (Å²) >= 11 is 0. The van der Waals surface area contributed by atoms with Gasteiger partial charge in [0.1, 0.15) is 5.75 Å². The number of hydrogen-bond donors (Lipinski definition) is 1. The Hall–Kier alpha value is -1.95. The molecule has 0 radical (unpaired) electrons. The van der Waals surface area contributed by atoms with E-state index >= 15 is 0 Å². The van der Waals surface area contributed by atoms with E-state index in [0.717, 1.165) is 13.1 Å². The molecule has 1 aliphatic carbocycles. The summed E-state index contributed by atoms with van der Waals surface area (Å²) in [6.45, 7) is 3.00. The summed E-state index contributed by atoms with van der Waals surface area (Å²) in [6.07, 6.45) is 11.6. The van der Waals surface area contributed by atoms with Crippen LogP contribution in [0.2, 0.25) is 0 Å². The lowest BCUT2D eigenvalue weighted by Gasteiger charge is -2.47. The van der Waals surface area contributed by atoms with Crippen molar-refractivity contribution in [1.82, 2.24) is 4.90 Å². The van der Waals surface area contributed by atoms with Crippen LogP contribution in [-0.2, 0) is 0 Å². The lowest BCUT2D eigenvalue weighted by Crippen LogP contribution is -2.54. The predicted molar refractivity (Wildman–Crippen MR) is 98.5 cm³/mol. The number of nitro benzene ring substituents is 1. The van der Waals surface area contributed by atoms with E-state index in [4.69, 9.17) is 0 Å². The summed E-state index contributed by atoms with van der Waals surface area (Å²) in [5.74, 6) is 0.0324. The van der Waals surface area contributed by atoms with Gasteiger partial charge in [-0.25, -0.2) is 0 Å². The number of likely N-dealkylation sites (tertiary alicyclic amines) is 1. The highest BCUT2D eigenvalue weighted by atomic mass is 16.6. The van der Waals surface area contributed by atoms with Crippen LogP contribution in [0.4, 0.5) is 5.69 Å². The second-order valence-electron chi connectivity index (χ2n) is 7.30. The quantitative estimate of drug-likeness (QED) is 0.498. The van der Waals surface area contributed by atoms with Crippen LogP contribution in [0, 0.1) is 10.1 Å². The minimum Gasteiger partial charge on any atom is -0.507 e. The van der Waals surface area contributed by atoms with Gasteiger partial charge in [0.25, 0.3) is 5.69 Å². The Bertz CT molecular complexity index is 633. The fourth-order valence-corrected chi connectivity index (χ4v) is 4.23. The smallest absolute Gasteiger partial charge is 0.270 e. The summed E-state index contributed by atoms with van der Waals surface area (Å²) in [6, 6.07) is 4.05. The van der Waals surface area contributed by atoms with E-state index in [0.29, 0.717) is 12.1 Å². The summed E-state index contributed by atoms with van der Waals surface area (Å²) in [5, 5.41) is 20.9. The zero-order valence-electron chi connectivity index (χ0n) is 14.7. The van der Waals surface area contributed by atoms with Crippen molar-refractivity contribution < 1.29 is 10.0 Å². The van der Waals surface area contributed by atoms with Crippen LogP contribution in [0.25, 0.3) is 0 Å². The number of benzene rings is 1. The Morgan fingerprint density at radius 2 is 1.84 bits per heavy atom. The first-order valence-corrected chi connectivity index (χ1v) is 9.33. The van der Waals surface area contributed by atoms with Crippen LogP contribution in [-0.4, -0.2) is 46.3 Å². The van der Waals surface area contributed by atoms with Gasteiger partial charge in [-0.05, 0) is 44.8 Å². The molecular weight excluding hydrogens is 318 g/mol. The van der Waals surface area contributed by atoms with E-state index in [1.54, 1.807) is 6.21 Å². The van der Waals surface area contributed by atoms with Crippen LogP contribution >= 0.6 is 0 Å². The van der Waals surface area contributed by atoms with Gasteiger partial charge >= 0.3 is 0 Å². The number of hydrogen-bond acceptors (Lipinski definition) is 5. The number of phenolic OH excluding ortho intramolecular Hbond substituents is 1. The van der Waals surface area contributed by atoms with Crippen LogP contribution in [0.3, 0.4) is 0 Å².